The highest BCUT2D eigenvalue weighted by atomic mass is 32.1. The maximum atomic E-state index is 3.92. The number of rotatable bonds is 3. The molecule has 0 unspecified atom stereocenters. The largest absolute Gasteiger partial charge is 0.355 e. The van der Waals surface area contributed by atoms with E-state index < -0.39 is 0 Å². The number of fused-ring (bicyclic) bond motifs is 9. The van der Waals surface area contributed by atoms with Crippen LogP contribution < -0.4 is 5.32 Å². The third-order valence-electron chi connectivity index (χ3n) is 8.14. The van der Waals surface area contributed by atoms with Gasteiger partial charge in [-0.3, -0.25) is 0 Å². The first-order valence-electron chi connectivity index (χ1n) is 14.1. The molecule has 41 heavy (non-hydrogen) atoms. The number of nitrogens with one attached hydrogen (secondary N) is 1. The van der Waals surface area contributed by atoms with Gasteiger partial charge in [0.05, 0.1) is 0 Å². The molecule has 7 aromatic rings. The summed E-state index contributed by atoms with van der Waals surface area (Å²) in [5, 5.41) is 5.22. The number of hydrogen-bond acceptors (Lipinski definition) is 2. The Morgan fingerprint density at radius 2 is 1.07 bits per heavy atom. The van der Waals surface area contributed by atoms with Crippen molar-refractivity contribution in [3.63, 3.8) is 0 Å². The maximum absolute atomic E-state index is 3.92. The summed E-state index contributed by atoms with van der Waals surface area (Å²) in [5.74, 6) is 0. The molecule has 1 nitrogen and oxygen atoms in total. The summed E-state index contributed by atoms with van der Waals surface area (Å²) in [6, 6.07) is 52.7. The Morgan fingerprint density at radius 1 is 0.439 bits per heavy atom. The summed E-state index contributed by atoms with van der Waals surface area (Å²) < 4.78 is 1.31. The van der Waals surface area contributed by atoms with Gasteiger partial charge in [-0.05, 0) is 52.4 Å². The van der Waals surface area contributed by atoms with Crippen LogP contribution in [-0.4, -0.2) is 0 Å². The van der Waals surface area contributed by atoms with Crippen LogP contribution in [0.2, 0.25) is 0 Å². The second kappa shape index (κ2) is 9.92. The summed E-state index contributed by atoms with van der Waals surface area (Å²) in [4.78, 5) is 1.32. The van der Waals surface area contributed by atoms with Crippen molar-refractivity contribution in [1.29, 1.82) is 0 Å². The minimum atomic E-state index is 0.860. The van der Waals surface area contributed by atoms with Crippen molar-refractivity contribution in [3.8, 4) is 43.8 Å². The topological polar surface area (TPSA) is 12.0 Å². The molecule has 0 bridgehead atoms. The van der Waals surface area contributed by atoms with Crippen LogP contribution in [0.3, 0.4) is 0 Å². The molecule has 0 radical (unpaired) electrons. The van der Waals surface area contributed by atoms with Crippen LogP contribution in [0, 0.1) is 0 Å². The van der Waals surface area contributed by atoms with Crippen molar-refractivity contribution in [2.45, 2.75) is 6.42 Å². The molecule has 1 aliphatic carbocycles. The van der Waals surface area contributed by atoms with Gasteiger partial charge in [0.2, 0.25) is 0 Å². The standard InChI is InChI=1S/C39H27NS/c1-2-13-26(14-3-1)30-18-8-10-22-34(30)40-35-23-12-16-28-25-27-15-4-5-17-29(27)31-19-6-7-20-32(31)39-38(37(28)35)33-21-9-11-24-36(33)41-39/h1-24,40H,25H2. The van der Waals surface area contributed by atoms with Crippen LogP contribution in [0.5, 0.6) is 0 Å². The molecule has 6 aromatic carbocycles. The highest BCUT2D eigenvalue weighted by Crippen LogP contribution is 2.52. The van der Waals surface area contributed by atoms with Crippen molar-refractivity contribution < 1.29 is 0 Å². The van der Waals surface area contributed by atoms with Gasteiger partial charge in [0, 0.05) is 48.6 Å². The number of hydrogen-bond donors (Lipinski definition) is 1. The van der Waals surface area contributed by atoms with Gasteiger partial charge in [-0.25, -0.2) is 0 Å². The third-order valence-corrected chi connectivity index (χ3v) is 9.34. The Hall–Kier alpha value is -4.92. The van der Waals surface area contributed by atoms with Crippen LogP contribution >= 0.6 is 11.3 Å². The minimum Gasteiger partial charge on any atom is -0.355 e. The van der Waals surface area contributed by atoms with E-state index in [1.807, 2.05) is 11.3 Å². The quantitative estimate of drug-likeness (QED) is 0.235. The highest BCUT2D eigenvalue weighted by molar-refractivity contribution is 7.23. The van der Waals surface area contributed by atoms with Gasteiger partial charge in [0.25, 0.3) is 0 Å². The second-order valence-corrected chi connectivity index (χ2v) is 11.6. The van der Waals surface area contributed by atoms with Crippen molar-refractivity contribution in [3.05, 3.63) is 157 Å². The van der Waals surface area contributed by atoms with Crippen molar-refractivity contribution in [2.24, 2.45) is 0 Å². The van der Waals surface area contributed by atoms with E-state index in [-0.39, 0.29) is 0 Å². The van der Waals surface area contributed by atoms with Crippen molar-refractivity contribution >= 4 is 32.8 Å². The van der Waals surface area contributed by atoms with Gasteiger partial charge >= 0.3 is 0 Å². The molecule has 0 aliphatic heterocycles. The Morgan fingerprint density at radius 3 is 1.95 bits per heavy atom. The van der Waals surface area contributed by atoms with E-state index in [0.717, 1.165) is 17.8 Å². The van der Waals surface area contributed by atoms with E-state index in [1.54, 1.807) is 0 Å². The Balaban J connectivity index is 1.43. The smallest absolute Gasteiger partial charge is 0.0467 e. The fourth-order valence-electron chi connectivity index (χ4n) is 6.30. The number of anilines is 2. The molecule has 0 fully saturated rings. The molecule has 1 N–H and O–H groups in total. The molecule has 2 heteroatoms. The summed E-state index contributed by atoms with van der Waals surface area (Å²) in [7, 11) is 0. The first kappa shape index (κ1) is 23.9. The summed E-state index contributed by atoms with van der Waals surface area (Å²) >= 11 is 1.90. The number of para-hydroxylation sites is 1. The van der Waals surface area contributed by atoms with Gasteiger partial charge < -0.3 is 5.32 Å². The van der Waals surface area contributed by atoms with Crippen molar-refractivity contribution in [2.75, 3.05) is 5.32 Å². The van der Waals surface area contributed by atoms with E-state index in [0.29, 0.717) is 0 Å². The zero-order valence-corrected chi connectivity index (χ0v) is 23.3. The lowest BCUT2D eigenvalue weighted by molar-refractivity contribution is 1.20. The Labute approximate surface area is 244 Å². The van der Waals surface area contributed by atoms with Crippen LogP contribution in [0.25, 0.3) is 53.9 Å². The average Bonchev–Trinajstić information content (AvgIpc) is 3.42. The zero-order valence-electron chi connectivity index (χ0n) is 22.5. The highest BCUT2D eigenvalue weighted by Gasteiger charge is 2.25. The first-order chi connectivity index (χ1) is 20.3. The number of thiophene rings is 1. The lowest BCUT2D eigenvalue weighted by atomic mass is 9.91. The summed E-state index contributed by atoms with van der Waals surface area (Å²) in [6.07, 6.45) is 0.860. The normalized spacial score (nSPS) is 11.8. The van der Waals surface area contributed by atoms with E-state index >= 15 is 0 Å². The fourth-order valence-corrected chi connectivity index (χ4v) is 7.54. The van der Waals surface area contributed by atoms with E-state index in [4.69, 9.17) is 0 Å². The molecule has 0 amide bonds. The molecule has 8 rings (SSSR count). The molecule has 0 saturated carbocycles. The Kier molecular flexibility index (Phi) is 5.79. The number of benzene rings is 6. The lowest BCUT2D eigenvalue weighted by Crippen LogP contribution is -2.00. The second-order valence-electron chi connectivity index (χ2n) is 10.6. The predicted molar refractivity (Wildman–Crippen MR) is 176 cm³/mol. The monoisotopic (exact) mass is 541 g/mol. The molecule has 0 spiro atoms. The summed E-state index contributed by atoms with van der Waals surface area (Å²) in [5.41, 5.74) is 13.8. The summed E-state index contributed by atoms with van der Waals surface area (Å²) in [6.45, 7) is 0. The lowest BCUT2D eigenvalue weighted by Gasteiger charge is -2.19. The SMILES string of the molecule is c1ccc(-c2ccccc2Nc2cccc3c2-c2c(sc4ccccc24)-c2ccccc2-c2ccccc2C3)cc1. The Bertz CT molecular complexity index is 2050. The van der Waals surface area contributed by atoms with E-state index in [9.17, 15) is 0 Å². The zero-order chi connectivity index (χ0) is 27.2. The molecule has 1 aliphatic rings. The van der Waals surface area contributed by atoms with Gasteiger partial charge in [-0.2, -0.15) is 0 Å². The van der Waals surface area contributed by atoms with Crippen LogP contribution in [0.15, 0.2) is 146 Å². The van der Waals surface area contributed by atoms with Gasteiger partial charge in [0.15, 0.2) is 0 Å². The molecule has 1 aromatic heterocycles. The fraction of sp³-hybridized carbons (Fsp3) is 0.0256. The molecule has 0 saturated heterocycles. The van der Waals surface area contributed by atoms with E-state index in [2.05, 4.69) is 151 Å². The maximum Gasteiger partial charge on any atom is 0.0467 e. The van der Waals surface area contributed by atoms with Gasteiger partial charge in [-0.1, -0.05) is 127 Å². The van der Waals surface area contributed by atoms with Crippen LogP contribution in [0.1, 0.15) is 11.1 Å². The van der Waals surface area contributed by atoms with E-state index in [1.165, 1.54) is 65.0 Å². The molecular formula is C39H27NS. The predicted octanol–water partition coefficient (Wildman–Crippen LogP) is 11.2. The van der Waals surface area contributed by atoms with Gasteiger partial charge in [0.1, 0.15) is 0 Å². The third kappa shape index (κ3) is 4.07. The molecule has 194 valence electrons. The molecule has 1 heterocycles. The molecular weight excluding hydrogens is 515 g/mol. The van der Waals surface area contributed by atoms with Gasteiger partial charge in [-0.15, -0.1) is 11.3 Å². The first-order valence-corrected chi connectivity index (χ1v) is 14.9. The minimum absolute atomic E-state index is 0.860. The molecule has 0 atom stereocenters. The van der Waals surface area contributed by atoms with Crippen LogP contribution in [0.4, 0.5) is 11.4 Å². The van der Waals surface area contributed by atoms with Crippen molar-refractivity contribution in [1.82, 2.24) is 0 Å². The average molecular weight is 542 g/mol. The van der Waals surface area contributed by atoms with Crippen LogP contribution in [-0.2, 0) is 6.42 Å².